The maximum atomic E-state index is 10.6. The lowest BCUT2D eigenvalue weighted by Crippen LogP contribution is -2.36. The number of aliphatic hydroxyl groups is 1. The minimum Gasteiger partial charge on any atom is -0.384 e. The molecule has 0 aromatic carbocycles. The summed E-state index contributed by atoms with van der Waals surface area (Å²) in [7, 11) is 0. The van der Waals surface area contributed by atoms with Crippen LogP contribution in [0.1, 0.15) is 6.42 Å². The summed E-state index contributed by atoms with van der Waals surface area (Å²) in [6, 6.07) is 0. The van der Waals surface area contributed by atoms with Gasteiger partial charge in [0.15, 0.2) is 6.10 Å². The molecular weight excluding hydrogens is 184 g/mol. The standard InChI is InChI=1S/C6H4O7/c7-2-1-3(8)12-5(10)6(11)13-4(2)9/h2,7H,1H2. The molecule has 1 aliphatic heterocycles. The number of rotatable bonds is 0. The van der Waals surface area contributed by atoms with Gasteiger partial charge >= 0.3 is 23.9 Å². The van der Waals surface area contributed by atoms with Crippen LogP contribution in [0.4, 0.5) is 0 Å². The highest BCUT2D eigenvalue weighted by atomic mass is 16.6. The SMILES string of the molecule is O=C1CC(O)C(=O)OC(=O)C(=O)O1. The number of cyclic esters (lactones) is 4. The van der Waals surface area contributed by atoms with Crippen LogP contribution in [-0.2, 0) is 28.7 Å². The van der Waals surface area contributed by atoms with Crippen LogP contribution < -0.4 is 0 Å². The van der Waals surface area contributed by atoms with E-state index in [1.54, 1.807) is 0 Å². The van der Waals surface area contributed by atoms with Gasteiger partial charge < -0.3 is 14.6 Å². The Hall–Kier alpha value is -1.76. The molecule has 1 rings (SSSR count). The number of carbonyl (C=O) groups is 4. The van der Waals surface area contributed by atoms with Crippen LogP contribution in [0.5, 0.6) is 0 Å². The minimum absolute atomic E-state index is 0.710. The van der Waals surface area contributed by atoms with E-state index in [9.17, 15) is 19.2 Å². The van der Waals surface area contributed by atoms with Gasteiger partial charge in [-0.05, 0) is 0 Å². The molecular formula is C6H4O7. The Labute approximate surface area is 71.2 Å². The Morgan fingerprint density at radius 1 is 1.08 bits per heavy atom. The third-order valence-corrected chi connectivity index (χ3v) is 1.20. The monoisotopic (exact) mass is 188 g/mol. The molecule has 7 heteroatoms. The molecule has 1 heterocycles. The van der Waals surface area contributed by atoms with Crippen LogP contribution >= 0.6 is 0 Å². The molecule has 13 heavy (non-hydrogen) atoms. The predicted molar refractivity (Wildman–Crippen MR) is 32.8 cm³/mol. The second-order valence-corrected chi connectivity index (χ2v) is 2.19. The van der Waals surface area contributed by atoms with Crippen molar-refractivity contribution in [2.75, 3.05) is 0 Å². The minimum atomic E-state index is -1.77. The lowest BCUT2D eigenvalue weighted by molar-refractivity contribution is -0.185. The van der Waals surface area contributed by atoms with Crippen molar-refractivity contribution in [3.05, 3.63) is 0 Å². The average Bonchev–Trinajstić information content (AvgIpc) is 2.02. The second-order valence-electron chi connectivity index (χ2n) is 2.19. The Kier molecular flexibility index (Phi) is 2.38. The molecule has 1 saturated heterocycles. The van der Waals surface area contributed by atoms with Gasteiger partial charge in [0.2, 0.25) is 0 Å². The quantitative estimate of drug-likeness (QED) is 0.263. The van der Waals surface area contributed by atoms with Crippen molar-refractivity contribution in [2.24, 2.45) is 0 Å². The molecule has 0 aromatic rings. The Morgan fingerprint density at radius 3 is 2.23 bits per heavy atom. The number of carbonyl (C=O) groups excluding carboxylic acids is 4. The Bertz CT molecular complexity index is 291. The third-order valence-electron chi connectivity index (χ3n) is 1.20. The van der Waals surface area contributed by atoms with Gasteiger partial charge in [-0.1, -0.05) is 0 Å². The molecule has 0 aromatic heterocycles. The van der Waals surface area contributed by atoms with E-state index in [4.69, 9.17) is 5.11 Å². The van der Waals surface area contributed by atoms with E-state index in [-0.39, 0.29) is 0 Å². The van der Waals surface area contributed by atoms with Crippen LogP contribution in [-0.4, -0.2) is 35.1 Å². The van der Waals surface area contributed by atoms with E-state index in [1.165, 1.54) is 0 Å². The Balaban J connectivity index is 2.82. The van der Waals surface area contributed by atoms with Crippen LogP contribution in [0, 0.1) is 0 Å². The van der Waals surface area contributed by atoms with Gasteiger partial charge in [-0.2, -0.15) is 0 Å². The molecule has 1 fully saturated rings. The molecule has 1 unspecified atom stereocenters. The topological polar surface area (TPSA) is 107 Å². The molecule has 0 aliphatic carbocycles. The number of hydrogen-bond acceptors (Lipinski definition) is 7. The average molecular weight is 188 g/mol. The molecule has 0 spiro atoms. The van der Waals surface area contributed by atoms with Crippen LogP contribution in [0.3, 0.4) is 0 Å². The summed E-state index contributed by atoms with van der Waals surface area (Å²) in [5.74, 6) is -5.67. The molecule has 1 atom stereocenters. The normalized spacial score (nSPS) is 24.5. The molecule has 1 aliphatic rings. The maximum absolute atomic E-state index is 10.6. The van der Waals surface area contributed by atoms with Crippen molar-refractivity contribution < 1.29 is 33.8 Å². The zero-order valence-electron chi connectivity index (χ0n) is 6.18. The maximum Gasteiger partial charge on any atom is 0.425 e. The van der Waals surface area contributed by atoms with Gasteiger partial charge in [0.1, 0.15) is 0 Å². The Morgan fingerprint density at radius 2 is 1.62 bits per heavy atom. The first-order valence-electron chi connectivity index (χ1n) is 3.19. The van der Waals surface area contributed by atoms with E-state index in [0.717, 1.165) is 0 Å². The van der Waals surface area contributed by atoms with E-state index < -0.39 is 36.4 Å². The number of esters is 4. The van der Waals surface area contributed by atoms with Crippen molar-refractivity contribution in [1.82, 2.24) is 0 Å². The van der Waals surface area contributed by atoms with E-state index in [0.29, 0.717) is 0 Å². The first kappa shape index (κ1) is 9.33. The summed E-state index contributed by atoms with van der Waals surface area (Å²) in [6.45, 7) is 0. The lowest BCUT2D eigenvalue weighted by Gasteiger charge is -2.11. The van der Waals surface area contributed by atoms with Crippen LogP contribution in [0.2, 0.25) is 0 Å². The third kappa shape index (κ3) is 2.09. The fourth-order valence-corrected chi connectivity index (χ4v) is 0.629. The first-order valence-corrected chi connectivity index (χ1v) is 3.19. The molecule has 0 amide bonds. The smallest absolute Gasteiger partial charge is 0.384 e. The summed E-state index contributed by atoms with van der Waals surface area (Å²) >= 11 is 0. The van der Waals surface area contributed by atoms with Gasteiger partial charge in [-0.25, -0.2) is 14.4 Å². The van der Waals surface area contributed by atoms with Gasteiger partial charge in [-0.15, -0.1) is 0 Å². The highest BCUT2D eigenvalue weighted by molar-refractivity contribution is 6.33. The highest BCUT2D eigenvalue weighted by Gasteiger charge is 2.33. The molecule has 7 nitrogen and oxygen atoms in total. The fraction of sp³-hybridized carbons (Fsp3) is 0.333. The number of hydrogen-bond donors (Lipinski definition) is 1. The summed E-state index contributed by atoms with van der Waals surface area (Å²) < 4.78 is 7.67. The lowest BCUT2D eigenvalue weighted by atomic mass is 10.2. The summed E-state index contributed by atoms with van der Waals surface area (Å²) in [4.78, 5) is 42.2. The molecule has 0 saturated carbocycles. The van der Waals surface area contributed by atoms with Crippen LogP contribution in [0.25, 0.3) is 0 Å². The van der Waals surface area contributed by atoms with E-state index in [2.05, 4.69) is 9.47 Å². The van der Waals surface area contributed by atoms with Gasteiger partial charge in [0, 0.05) is 0 Å². The number of ether oxygens (including phenoxy) is 2. The van der Waals surface area contributed by atoms with E-state index in [1.807, 2.05) is 0 Å². The van der Waals surface area contributed by atoms with Gasteiger partial charge in [-0.3, -0.25) is 4.79 Å². The van der Waals surface area contributed by atoms with Gasteiger partial charge in [0.25, 0.3) is 0 Å². The highest BCUT2D eigenvalue weighted by Crippen LogP contribution is 2.03. The van der Waals surface area contributed by atoms with Crippen LogP contribution in [0.15, 0.2) is 0 Å². The van der Waals surface area contributed by atoms with E-state index >= 15 is 0 Å². The van der Waals surface area contributed by atoms with Crippen molar-refractivity contribution in [2.45, 2.75) is 12.5 Å². The fourth-order valence-electron chi connectivity index (χ4n) is 0.629. The molecule has 0 radical (unpaired) electrons. The zero-order chi connectivity index (χ0) is 10.0. The number of aliphatic hydroxyl groups excluding tert-OH is 1. The molecule has 0 bridgehead atoms. The largest absolute Gasteiger partial charge is 0.425 e. The first-order chi connectivity index (χ1) is 6.00. The molecule has 1 N–H and O–H groups in total. The molecule has 70 valence electrons. The summed E-state index contributed by atoms with van der Waals surface area (Å²) in [6.07, 6.45) is -2.48. The van der Waals surface area contributed by atoms with Crippen molar-refractivity contribution in [3.8, 4) is 0 Å². The summed E-state index contributed by atoms with van der Waals surface area (Å²) in [5.41, 5.74) is 0. The predicted octanol–water partition coefficient (Wildman–Crippen LogP) is -2.11. The van der Waals surface area contributed by atoms with Crippen molar-refractivity contribution in [3.63, 3.8) is 0 Å². The van der Waals surface area contributed by atoms with Crippen molar-refractivity contribution >= 4 is 23.9 Å². The zero-order valence-corrected chi connectivity index (χ0v) is 6.18. The summed E-state index contributed by atoms with van der Waals surface area (Å²) in [5, 5.41) is 8.82. The second kappa shape index (κ2) is 3.31. The van der Waals surface area contributed by atoms with Crippen molar-refractivity contribution in [1.29, 1.82) is 0 Å². The van der Waals surface area contributed by atoms with Gasteiger partial charge in [0.05, 0.1) is 6.42 Å².